The van der Waals surface area contributed by atoms with Crippen LogP contribution in [0, 0.1) is 13.8 Å². The summed E-state index contributed by atoms with van der Waals surface area (Å²) in [4.78, 5) is 4.41. The average molecular weight is 390 g/mol. The van der Waals surface area contributed by atoms with Crippen molar-refractivity contribution in [2.75, 3.05) is 13.6 Å². The van der Waals surface area contributed by atoms with Gasteiger partial charge in [-0.05, 0) is 31.4 Å². The van der Waals surface area contributed by atoms with Gasteiger partial charge in [0.15, 0.2) is 5.96 Å². The predicted molar refractivity (Wildman–Crippen MR) is 120 cm³/mol. The summed E-state index contributed by atoms with van der Waals surface area (Å²) >= 11 is 0. The van der Waals surface area contributed by atoms with Crippen LogP contribution in [0.25, 0.3) is 0 Å². The van der Waals surface area contributed by atoms with Crippen LogP contribution in [-0.4, -0.2) is 29.3 Å². The maximum atomic E-state index is 4.49. The molecular weight excluding hydrogens is 358 g/mol. The molecule has 5 nitrogen and oxygen atoms in total. The van der Waals surface area contributed by atoms with Crippen LogP contribution in [0.5, 0.6) is 0 Å². The third-order valence-electron chi connectivity index (χ3n) is 5.43. The zero-order chi connectivity index (χ0) is 20.6. The lowest BCUT2D eigenvalue weighted by Crippen LogP contribution is -2.39. The number of rotatable bonds is 7. The molecule has 0 saturated heterocycles. The topological polar surface area (TPSA) is 54.2 Å². The van der Waals surface area contributed by atoms with Crippen LogP contribution in [0.15, 0.2) is 65.7 Å². The van der Waals surface area contributed by atoms with Gasteiger partial charge < -0.3 is 10.6 Å². The van der Waals surface area contributed by atoms with Gasteiger partial charge in [0.05, 0.1) is 5.69 Å². The standard InChI is InChI=1S/C24H31N5/c1-18-23(19(2)29(4)28-18)17-27-24(25-3)26-16-22(21-13-9-6-10-14-21)15-20-11-7-5-8-12-20/h5-14,22H,15-17H2,1-4H3,(H2,25,26,27). The summed E-state index contributed by atoms with van der Waals surface area (Å²) in [5, 5.41) is 11.4. The van der Waals surface area contributed by atoms with Crippen molar-refractivity contribution in [3.8, 4) is 0 Å². The lowest BCUT2D eigenvalue weighted by atomic mass is 9.92. The van der Waals surface area contributed by atoms with Crippen LogP contribution in [-0.2, 0) is 20.0 Å². The van der Waals surface area contributed by atoms with Crippen molar-refractivity contribution in [3.05, 3.63) is 88.7 Å². The number of hydrogen-bond donors (Lipinski definition) is 2. The first-order valence-electron chi connectivity index (χ1n) is 10.1. The quantitative estimate of drug-likeness (QED) is 0.478. The van der Waals surface area contributed by atoms with Crippen LogP contribution in [0.4, 0.5) is 0 Å². The van der Waals surface area contributed by atoms with E-state index in [-0.39, 0.29) is 0 Å². The predicted octanol–water partition coefficient (Wildman–Crippen LogP) is 3.73. The Bertz CT molecular complexity index is 929. The van der Waals surface area contributed by atoms with Gasteiger partial charge in [-0.1, -0.05) is 60.7 Å². The number of aliphatic imine (C=N–C) groups is 1. The molecule has 0 radical (unpaired) electrons. The molecule has 1 unspecified atom stereocenters. The number of aryl methyl sites for hydroxylation is 2. The molecule has 0 aliphatic carbocycles. The Morgan fingerprint density at radius 3 is 2.24 bits per heavy atom. The van der Waals surface area contributed by atoms with E-state index in [1.54, 1.807) is 0 Å². The van der Waals surface area contributed by atoms with Gasteiger partial charge in [0.25, 0.3) is 0 Å². The SMILES string of the molecule is CN=C(NCc1c(C)nn(C)c1C)NCC(Cc1ccccc1)c1ccccc1. The average Bonchev–Trinajstić information content (AvgIpc) is 3.00. The second kappa shape index (κ2) is 9.92. The molecule has 0 aliphatic heterocycles. The van der Waals surface area contributed by atoms with Gasteiger partial charge in [0.2, 0.25) is 0 Å². The van der Waals surface area contributed by atoms with Crippen molar-refractivity contribution in [2.24, 2.45) is 12.0 Å². The van der Waals surface area contributed by atoms with Crippen molar-refractivity contribution in [3.63, 3.8) is 0 Å². The summed E-state index contributed by atoms with van der Waals surface area (Å²) in [6.45, 7) is 5.66. The fourth-order valence-electron chi connectivity index (χ4n) is 3.62. The van der Waals surface area contributed by atoms with Crippen LogP contribution >= 0.6 is 0 Å². The van der Waals surface area contributed by atoms with Gasteiger partial charge in [0, 0.05) is 44.4 Å². The van der Waals surface area contributed by atoms with Crippen molar-refractivity contribution in [1.82, 2.24) is 20.4 Å². The Labute approximate surface area is 173 Å². The molecule has 0 amide bonds. The van der Waals surface area contributed by atoms with E-state index in [2.05, 4.69) is 88.3 Å². The third-order valence-corrected chi connectivity index (χ3v) is 5.43. The van der Waals surface area contributed by atoms with Gasteiger partial charge in [-0.3, -0.25) is 9.67 Å². The van der Waals surface area contributed by atoms with Crippen molar-refractivity contribution < 1.29 is 0 Å². The van der Waals surface area contributed by atoms with E-state index in [0.29, 0.717) is 12.5 Å². The molecule has 1 atom stereocenters. The molecule has 29 heavy (non-hydrogen) atoms. The molecule has 152 valence electrons. The first-order valence-corrected chi connectivity index (χ1v) is 10.1. The van der Waals surface area contributed by atoms with Gasteiger partial charge >= 0.3 is 0 Å². The van der Waals surface area contributed by atoms with E-state index in [1.807, 2.05) is 25.7 Å². The van der Waals surface area contributed by atoms with E-state index < -0.39 is 0 Å². The molecular formula is C24H31N5. The highest BCUT2D eigenvalue weighted by Crippen LogP contribution is 2.20. The van der Waals surface area contributed by atoms with Crippen molar-refractivity contribution >= 4 is 5.96 Å². The molecule has 0 fully saturated rings. The van der Waals surface area contributed by atoms with E-state index in [0.717, 1.165) is 24.6 Å². The Hall–Kier alpha value is -3.08. The van der Waals surface area contributed by atoms with E-state index in [9.17, 15) is 0 Å². The summed E-state index contributed by atoms with van der Waals surface area (Å²) in [7, 11) is 3.79. The maximum absolute atomic E-state index is 4.49. The van der Waals surface area contributed by atoms with Crippen LogP contribution in [0.1, 0.15) is 34.0 Å². The minimum absolute atomic E-state index is 0.360. The minimum Gasteiger partial charge on any atom is -0.356 e. The van der Waals surface area contributed by atoms with Crippen LogP contribution in [0.2, 0.25) is 0 Å². The Kier molecular flexibility index (Phi) is 7.06. The van der Waals surface area contributed by atoms with Crippen LogP contribution in [0.3, 0.4) is 0 Å². The molecule has 5 heteroatoms. The van der Waals surface area contributed by atoms with Crippen molar-refractivity contribution in [1.29, 1.82) is 0 Å². The molecule has 1 aromatic heterocycles. The molecule has 0 spiro atoms. The molecule has 1 heterocycles. The zero-order valence-electron chi connectivity index (χ0n) is 17.8. The van der Waals surface area contributed by atoms with Crippen molar-refractivity contribution in [2.45, 2.75) is 32.7 Å². The smallest absolute Gasteiger partial charge is 0.191 e. The second-order valence-corrected chi connectivity index (χ2v) is 7.38. The summed E-state index contributed by atoms with van der Waals surface area (Å²) in [6.07, 6.45) is 0.982. The number of aromatic nitrogens is 2. The first kappa shape index (κ1) is 20.6. The van der Waals surface area contributed by atoms with Gasteiger partial charge in [0.1, 0.15) is 0 Å². The highest BCUT2D eigenvalue weighted by Gasteiger charge is 2.14. The Morgan fingerprint density at radius 2 is 1.66 bits per heavy atom. The molecule has 2 aromatic carbocycles. The number of guanidine groups is 1. The number of hydrogen-bond acceptors (Lipinski definition) is 2. The van der Waals surface area contributed by atoms with Gasteiger partial charge in [-0.15, -0.1) is 0 Å². The molecule has 3 rings (SSSR count). The minimum atomic E-state index is 0.360. The summed E-state index contributed by atoms with van der Waals surface area (Å²) in [5.41, 5.74) is 6.13. The summed E-state index contributed by atoms with van der Waals surface area (Å²) < 4.78 is 1.92. The van der Waals surface area contributed by atoms with Gasteiger partial charge in [-0.2, -0.15) is 5.10 Å². The lowest BCUT2D eigenvalue weighted by molar-refractivity contribution is 0.644. The van der Waals surface area contributed by atoms with E-state index >= 15 is 0 Å². The van der Waals surface area contributed by atoms with Gasteiger partial charge in [-0.25, -0.2) is 0 Å². The maximum Gasteiger partial charge on any atom is 0.191 e. The highest BCUT2D eigenvalue weighted by atomic mass is 15.3. The Morgan fingerprint density at radius 1 is 1.00 bits per heavy atom. The molecule has 0 bridgehead atoms. The first-order chi connectivity index (χ1) is 14.1. The Balaban J connectivity index is 1.65. The van der Waals surface area contributed by atoms with Crippen LogP contribution < -0.4 is 10.6 Å². The lowest BCUT2D eigenvalue weighted by Gasteiger charge is -2.20. The monoisotopic (exact) mass is 389 g/mol. The molecule has 0 saturated carbocycles. The number of nitrogens with zero attached hydrogens (tertiary/aromatic N) is 3. The fraction of sp³-hybridized carbons (Fsp3) is 0.333. The van der Waals surface area contributed by atoms with E-state index in [4.69, 9.17) is 0 Å². The zero-order valence-corrected chi connectivity index (χ0v) is 17.8. The number of benzene rings is 2. The third kappa shape index (κ3) is 5.47. The summed E-state index contributed by atoms with van der Waals surface area (Å²) in [5.74, 6) is 1.17. The number of nitrogens with one attached hydrogen (secondary N) is 2. The highest BCUT2D eigenvalue weighted by molar-refractivity contribution is 5.79. The summed E-state index contributed by atoms with van der Waals surface area (Å²) in [6, 6.07) is 21.3. The molecule has 3 aromatic rings. The normalized spacial score (nSPS) is 12.6. The molecule has 2 N–H and O–H groups in total. The second-order valence-electron chi connectivity index (χ2n) is 7.38. The molecule has 0 aliphatic rings. The van der Waals surface area contributed by atoms with E-state index in [1.165, 1.54) is 22.4 Å². The fourth-order valence-corrected chi connectivity index (χ4v) is 3.62. The largest absolute Gasteiger partial charge is 0.356 e.